The van der Waals surface area contributed by atoms with Crippen LogP contribution in [-0.2, 0) is 0 Å². The molecule has 2 rings (SSSR count). The van der Waals surface area contributed by atoms with E-state index in [0.717, 1.165) is 39.3 Å². The molecule has 0 bridgehead atoms. The minimum atomic E-state index is 0.0106. The van der Waals surface area contributed by atoms with Gasteiger partial charge in [-0.3, -0.25) is 9.69 Å². The maximum atomic E-state index is 12.5. The molecule has 116 valence electrons. The number of anilines is 1. The number of nitrogens with zero attached hydrogens (tertiary/aromatic N) is 3. The average Bonchev–Trinajstić information content (AvgIpc) is 2.44. The summed E-state index contributed by atoms with van der Waals surface area (Å²) in [6, 6.07) is 5.02. The number of nitrogens with two attached hydrogens (primary N) is 1. The van der Waals surface area contributed by atoms with Gasteiger partial charge in [0.1, 0.15) is 0 Å². The lowest BCUT2D eigenvalue weighted by atomic mass is 10.1. The van der Waals surface area contributed by atoms with Gasteiger partial charge in [-0.1, -0.05) is 11.6 Å². The molecular formula is C15H23ClN4O. The molecule has 0 spiro atoms. The molecule has 0 aliphatic carbocycles. The zero-order valence-corrected chi connectivity index (χ0v) is 13.4. The lowest BCUT2D eigenvalue weighted by Gasteiger charge is -2.35. The molecule has 1 amide bonds. The topological polar surface area (TPSA) is 52.8 Å². The zero-order chi connectivity index (χ0) is 15.4. The van der Waals surface area contributed by atoms with Crippen molar-refractivity contribution >= 4 is 23.2 Å². The number of likely N-dealkylation sites (N-methyl/N-ethyl adjacent to an activating group) is 1. The van der Waals surface area contributed by atoms with Crippen LogP contribution in [0.15, 0.2) is 18.2 Å². The van der Waals surface area contributed by atoms with Gasteiger partial charge in [0, 0.05) is 55.5 Å². The van der Waals surface area contributed by atoms with E-state index in [2.05, 4.69) is 23.9 Å². The fraction of sp³-hybridized carbons (Fsp3) is 0.533. The quantitative estimate of drug-likeness (QED) is 0.850. The van der Waals surface area contributed by atoms with Crippen LogP contribution in [0.5, 0.6) is 0 Å². The third-order valence-electron chi connectivity index (χ3n) is 3.69. The van der Waals surface area contributed by atoms with Crippen LogP contribution in [0.4, 0.5) is 5.69 Å². The Labute approximate surface area is 131 Å². The number of benzene rings is 1. The molecule has 1 heterocycles. The number of carbonyl (C=O) groups is 1. The van der Waals surface area contributed by atoms with Gasteiger partial charge >= 0.3 is 0 Å². The van der Waals surface area contributed by atoms with Gasteiger partial charge in [-0.25, -0.2) is 0 Å². The molecule has 1 aliphatic heterocycles. The highest BCUT2D eigenvalue weighted by Crippen LogP contribution is 2.18. The largest absolute Gasteiger partial charge is 0.399 e. The molecule has 1 aromatic carbocycles. The first-order valence-electron chi connectivity index (χ1n) is 7.18. The maximum Gasteiger partial charge on any atom is 0.254 e. The van der Waals surface area contributed by atoms with Crippen molar-refractivity contribution in [3.05, 3.63) is 28.8 Å². The van der Waals surface area contributed by atoms with Crippen LogP contribution in [0.1, 0.15) is 10.4 Å². The van der Waals surface area contributed by atoms with Gasteiger partial charge in [0.15, 0.2) is 0 Å². The summed E-state index contributed by atoms with van der Waals surface area (Å²) in [6.07, 6.45) is 0. The maximum absolute atomic E-state index is 12.5. The molecule has 6 heteroatoms. The van der Waals surface area contributed by atoms with Gasteiger partial charge in [-0.2, -0.15) is 0 Å². The highest BCUT2D eigenvalue weighted by molar-refractivity contribution is 6.31. The summed E-state index contributed by atoms with van der Waals surface area (Å²) in [5.41, 5.74) is 6.84. The molecule has 1 fully saturated rings. The molecule has 5 nitrogen and oxygen atoms in total. The lowest BCUT2D eigenvalue weighted by Crippen LogP contribution is -2.50. The predicted octanol–water partition coefficient (Wildman–Crippen LogP) is 1.24. The minimum absolute atomic E-state index is 0.0106. The Hall–Kier alpha value is -1.30. The molecular weight excluding hydrogens is 288 g/mol. The number of piperazine rings is 1. The van der Waals surface area contributed by atoms with Crippen molar-refractivity contribution in [1.29, 1.82) is 0 Å². The average molecular weight is 311 g/mol. The second kappa shape index (κ2) is 7.11. The molecule has 1 saturated heterocycles. The summed E-state index contributed by atoms with van der Waals surface area (Å²) in [5.74, 6) is 0.0106. The molecule has 0 saturated carbocycles. The zero-order valence-electron chi connectivity index (χ0n) is 12.7. The Balaban J connectivity index is 1.91. The summed E-state index contributed by atoms with van der Waals surface area (Å²) >= 11 is 5.96. The number of carbonyl (C=O) groups excluding carboxylic acids is 1. The Morgan fingerprint density at radius 2 is 1.90 bits per heavy atom. The number of amides is 1. The first-order valence-corrected chi connectivity index (χ1v) is 7.56. The van der Waals surface area contributed by atoms with Crippen molar-refractivity contribution in [1.82, 2.24) is 14.7 Å². The van der Waals surface area contributed by atoms with Gasteiger partial charge in [-0.15, -0.1) is 0 Å². The number of halogens is 1. The molecule has 0 radical (unpaired) electrons. The Kier molecular flexibility index (Phi) is 5.45. The highest BCUT2D eigenvalue weighted by atomic mass is 35.5. The van der Waals surface area contributed by atoms with E-state index in [9.17, 15) is 4.79 Å². The normalized spacial score (nSPS) is 16.5. The monoisotopic (exact) mass is 310 g/mol. The smallest absolute Gasteiger partial charge is 0.254 e. The van der Waals surface area contributed by atoms with Crippen LogP contribution < -0.4 is 5.73 Å². The number of hydrogen-bond acceptors (Lipinski definition) is 4. The van der Waals surface area contributed by atoms with E-state index < -0.39 is 0 Å². The molecule has 1 aromatic rings. The van der Waals surface area contributed by atoms with Crippen molar-refractivity contribution in [3.8, 4) is 0 Å². The van der Waals surface area contributed by atoms with Gasteiger partial charge < -0.3 is 15.5 Å². The van der Waals surface area contributed by atoms with Gasteiger partial charge in [0.25, 0.3) is 5.91 Å². The van der Waals surface area contributed by atoms with Crippen LogP contribution in [0.25, 0.3) is 0 Å². The van der Waals surface area contributed by atoms with Crippen molar-refractivity contribution in [2.24, 2.45) is 0 Å². The second-order valence-corrected chi connectivity index (χ2v) is 6.15. The SMILES string of the molecule is CN(C)CCN1CCN(C(=O)c2cc(N)cc(Cl)c2)CC1. The second-order valence-electron chi connectivity index (χ2n) is 5.71. The van der Waals surface area contributed by atoms with E-state index in [1.54, 1.807) is 18.2 Å². The number of rotatable bonds is 4. The third-order valence-corrected chi connectivity index (χ3v) is 3.91. The highest BCUT2D eigenvalue weighted by Gasteiger charge is 2.22. The van der Waals surface area contributed by atoms with Crippen molar-refractivity contribution < 1.29 is 4.79 Å². The lowest BCUT2D eigenvalue weighted by molar-refractivity contribution is 0.0630. The van der Waals surface area contributed by atoms with E-state index in [4.69, 9.17) is 17.3 Å². The summed E-state index contributed by atoms with van der Waals surface area (Å²) in [5, 5.41) is 0.503. The van der Waals surface area contributed by atoms with E-state index in [1.165, 1.54) is 0 Å². The first-order chi connectivity index (χ1) is 9.95. The number of nitrogen functional groups attached to an aromatic ring is 1. The van der Waals surface area contributed by atoms with Crippen LogP contribution in [0.2, 0.25) is 5.02 Å². The Bertz CT molecular complexity index is 478. The standard InChI is InChI=1S/C15H23ClN4O/c1-18(2)3-4-19-5-7-20(8-6-19)15(21)12-9-13(16)11-14(17)10-12/h9-11H,3-8,17H2,1-2H3. The van der Waals surface area contributed by atoms with Crippen molar-refractivity contribution in [2.75, 3.05) is 59.1 Å². The van der Waals surface area contributed by atoms with E-state index in [1.807, 2.05) is 4.90 Å². The van der Waals surface area contributed by atoms with Crippen molar-refractivity contribution in [2.45, 2.75) is 0 Å². The van der Waals surface area contributed by atoms with Crippen LogP contribution in [0.3, 0.4) is 0 Å². The fourth-order valence-electron chi connectivity index (χ4n) is 2.43. The third kappa shape index (κ3) is 4.59. The Morgan fingerprint density at radius 1 is 1.24 bits per heavy atom. The molecule has 0 atom stereocenters. The van der Waals surface area contributed by atoms with Crippen molar-refractivity contribution in [3.63, 3.8) is 0 Å². The van der Waals surface area contributed by atoms with Gasteiger partial charge in [0.2, 0.25) is 0 Å². The van der Waals surface area contributed by atoms with Crippen LogP contribution >= 0.6 is 11.6 Å². The molecule has 2 N–H and O–H groups in total. The first kappa shape index (κ1) is 16.1. The van der Waals surface area contributed by atoms with E-state index >= 15 is 0 Å². The minimum Gasteiger partial charge on any atom is -0.399 e. The van der Waals surface area contributed by atoms with Crippen LogP contribution in [-0.4, -0.2) is 74.0 Å². The molecule has 0 aromatic heterocycles. The summed E-state index contributed by atoms with van der Waals surface area (Å²) in [7, 11) is 4.15. The molecule has 1 aliphatic rings. The Morgan fingerprint density at radius 3 is 2.48 bits per heavy atom. The predicted molar refractivity (Wildman–Crippen MR) is 86.8 cm³/mol. The molecule has 21 heavy (non-hydrogen) atoms. The van der Waals surface area contributed by atoms with E-state index in [0.29, 0.717) is 16.3 Å². The summed E-state index contributed by atoms with van der Waals surface area (Å²) in [6.45, 7) is 5.40. The summed E-state index contributed by atoms with van der Waals surface area (Å²) < 4.78 is 0. The van der Waals surface area contributed by atoms with Gasteiger partial charge in [-0.05, 0) is 32.3 Å². The fourth-order valence-corrected chi connectivity index (χ4v) is 2.68. The van der Waals surface area contributed by atoms with E-state index in [-0.39, 0.29) is 5.91 Å². The molecule has 0 unspecified atom stereocenters. The van der Waals surface area contributed by atoms with Gasteiger partial charge in [0.05, 0.1) is 0 Å². The summed E-state index contributed by atoms with van der Waals surface area (Å²) in [4.78, 5) is 18.9. The van der Waals surface area contributed by atoms with Crippen LogP contribution in [0, 0.1) is 0 Å². The number of hydrogen-bond donors (Lipinski definition) is 1.